The predicted octanol–water partition coefficient (Wildman–Crippen LogP) is 3.42. The lowest BCUT2D eigenvalue weighted by Gasteiger charge is -2.08. The van der Waals surface area contributed by atoms with Crippen molar-refractivity contribution in [1.82, 2.24) is 0 Å². The molecule has 20 heavy (non-hydrogen) atoms. The Morgan fingerprint density at radius 3 is 2.15 bits per heavy atom. The highest BCUT2D eigenvalue weighted by Crippen LogP contribution is 2.23. The van der Waals surface area contributed by atoms with Gasteiger partial charge in [-0.25, -0.2) is 0 Å². The molecule has 0 radical (unpaired) electrons. The quantitative estimate of drug-likeness (QED) is 0.756. The van der Waals surface area contributed by atoms with E-state index in [0.717, 1.165) is 11.5 Å². The number of carbonyl (C=O) groups is 1. The van der Waals surface area contributed by atoms with Crippen molar-refractivity contribution in [3.8, 4) is 17.2 Å². The molecule has 0 amide bonds. The number of carbonyl (C=O) groups excluding carboxylic acids is 1. The number of rotatable bonds is 6. The minimum absolute atomic E-state index is 0.235. The van der Waals surface area contributed by atoms with Crippen molar-refractivity contribution in [1.29, 1.82) is 0 Å². The molecule has 0 aliphatic carbocycles. The molecule has 0 aliphatic heterocycles. The van der Waals surface area contributed by atoms with Gasteiger partial charge in [-0.15, -0.1) is 0 Å². The molecule has 0 saturated carbocycles. The van der Waals surface area contributed by atoms with Gasteiger partial charge in [0.2, 0.25) is 0 Å². The van der Waals surface area contributed by atoms with E-state index in [9.17, 15) is 4.79 Å². The molecule has 2 aromatic carbocycles. The van der Waals surface area contributed by atoms with Crippen molar-refractivity contribution in [2.75, 3.05) is 13.7 Å². The molecule has 0 bridgehead atoms. The van der Waals surface area contributed by atoms with Gasteiger partial charge in [0.25, 0.3) is 0 Å². The normalized spacial score (nSPS) is 9.85. The SMILES string of the molecule is COC(=O)CCOc1ccc(Oc2ccccc2)cc1. The van der Waals surface area contributed by atoms with Crippen molar-refractivity contribution in [3.05, 3.63) is 54.6 Å². The first-order chi connectivity index (χ1) is 9.78. The maximum Gasteiger partial charge on any atom is 0.308 e. The lowest BCUT2D eigenvalue weighted by Crippen LogP contribution is -2.07. The van der Waals surface area contributed by atoms with Crippen LogP contribution < -0.4 is 9.47 Å². The molecule has 4 heteroatoms. The molecule has 2 aromatic rings. The van der Waals surface area contributed by atoms with Crippen molar-refractivity contribution >= 4 is 5.97 Å². The van der Waals surface area contributed by atoms with Crippen LogP contribution in [-0.2, 0) is 9.53 Å². The molecule has 0 heterocycles. The first-order valence-electron chi connectivity index (χ1n) is 6.30. The van der Waals surface area contributed by atoms with Crippen LogP contribution in [0.5, 0.6) is 17.2 Å². The van der Waals surface area contributed by atoms with Crippen molar-refractivity contribution < 1.29 is 19.0 Å². The number of para-hydroxylation sites is 1. The molecular weight excluding hydrogens is 256 g/mol. The molecule has 0 fully saturated rings. The second-order valence-corrected chi connectivity index (χ2v) is 4.06. The second kappa shape index (κ2) is 7.19. The number of hydrogen-bond donors (Lipinski definition) is 0. The summed E-state index contributed by atoms with van der Waals surface area (Å²) < 4.78 is 15.6. The molecule has 0 N–H and O–H groups in total. The molecule has 0 atom stereocenters. The molecule has 2 rings (SSSR count). The van der Waals surface area contributed by atoms with E-state index in [1.807, 2.05) is 42.5 Å². The maximum atomic E-state index is 10.9. The van der Waals surface area contributed by atoms with Gasteiger partial charge in [-0.2, -0.15) is 0 Å². The Kier molecular flexibility index (Phi) is 5.00. The highest BCUT2D eigenvalue weighted by atomic mass is 16.5. The molecular formula is C16H16O4. The van der Waals surface area contributed by atoms with E-state index in [4.69, 9.17) is 9.47 Å². The van der Waals surface area contributed by atoms with Gasteiger partial charge in [-0.3, -0.25) is 4.79 Å². The fourth-order valence-electron chi connectivity index (χ4n) is 1.58. The Morgan fingerprint density at radius 2 is 1.50 bits per heavy atom. The molecule has 0 aliphatic rings. The zero-order valence-electron chi connectivity index (χ0n) is 11.2. The van der Waals surface area contributed by atoms with Crippen molar-refractivity contribution in [2.24, 2.45) is 0 Å². The van der Waals surface area contributed by atoms with Gasteiger partial charge >= 0.3 is 5.97 Å². The summed E-state index contributed by atoms with van der Waals surface area (Å²) in [6, 6.07) is 16.8. The van der Waals surface area contributed by atoms with Gasteiger partial charge in [-0.05, 0) is 36.4 Å². The van der Waals surface area contributed by atoms with Crippen molar-refractivity contribution in [3.63, 3.8) is 0 Å². The Labute approximate surface area is 117 Å². The topological polar surface area (TPSA) is 44.8 Å². The summed E-state index contributed by atoms with van der Waals surface area (Å²) in [7, 11) is 1.36. The standard InChI is InChI=1S/C16H16O4/c1-18-16(17)11-12-19-13-7-9-15(10-8-13)20-14-5-3-2-4-6-14/h2-10H,11-12H2,1H3. The smallest absolute Gasteiger partial charge is 0.308 e. The minimum Gasteiger partial charge on any atom is -0.493 e. The fourth-order valence-corrected chi connectivity index (χ4v) is 1.58. The summed E-state index contributed by atoms with van der Waals surface area (Å²) in [4.78, 5) is 10.9. The van der Waals surface area contributed by atoms with E-state index >= 15 is 0 Å². The van der Waals surface area contributed by atoms with Crippen LogP contribution in [0.3, 0.4) is 0 Å². The van der Waals surface area contributed by atoms with E-state index in [0.29, 0.717) is 12.4 Å². The number of benzene rings is 2. The number of esters is 1. The van der Waals surface area contributed by atoms with E-state index in [1.54, 1.807) is 12.1 Å². The molecule has 0 aromatic heterocycles. The zero-order chi connectivity index (χ0) is 14.2. The van der Waals surface area contributed by atoms with E-state index < -0.39 is 0 Å². The van der Waals surface area contributed by atoms with Gasteiger partial charge in [0.15, 0.2) is 0 Å². The van der Waals surface area contributed by atoms with E-state index in [-0.39, 0.29) is 12.4 Å². The Balaban J connectivity index is 1.85. The maximum absolute atomic E-state index is 10.9. The van der Waals surface area contributed by atoms with Crippen LogP contribution in [0.4, 0.5) is 0 Å². The number of hydrogen-bond acceptors (Lipinski definition) is 4. The van der Waals surface area contributed by atoms with Gasteiger partial charge < -0.3 is 14.2 Å². The van der Waals surface area contributed by atoms with Gasteiger partial charge in [0, 0.05) is 0 Å². The van der Waals surface area contributed by atoms with Crippen LogP contribution >= 0.6 is 0 Å². The Bertz CT molecular complexity index is 534. The molecule has 0 spiro atoms. The summed E-state index contributed by atoms with van der Waals surface area (Å²) in [5.41, 5.74) is 0. The highest BCUT2D eigenvalue weighted by Gasteiger charge is 2.01. The summed E-state index contributed by atoms with van der Waals surface area (Å²) in [6.45, 7) is 0.297. The average Bonchev–Trinajstić information content (AvgIpc) is 2.50. The fraction of sp³-hybridized carbons (Fsp3) is 0.188. The summed E-state index contributed by atoms with van der Waals surface area (Å²) in [6.07, 6.45) is 0.235. The third-order valence-corrected chi connectivity index (χ3v) is 2.61. The Hall–Kier alpha value is -2.49. The van der Waals surface area contributed by atoms with Gasteiger partial charge in [0.1, 0.15) is 17.2 Å². The van der Waals surface area contributed by atoms with Crippen LogP contribution in [0.25, 0.3) is 0 Å². The Morgan fingerprint density at radius 1 is 0.900 bits per heavy atom. The van der Waals surface area contributed by atoms with Gasteiger partial charge in [-0.1, -0.05) is 18.2 Å². The van der Waals surface area contributed by atoms with Crippen LogP contribution in [0.1, 0.15) is 6.42 Å². The van der Waals surface area contributed by atoms with Crippen molar-refractivity contribution in [2.45, 2.75) is 6.42 Å². The lowest BCUT2D eigenvalue weighted by molar-refractivity contribution is -0.141. The largest absolute Gasteiger partial charge is 0.493 e. The molecule has 0 unspecified atom stereocenters. The molecule has 104 valence electrons. The first kappa shape index (κ1) is 13.9. The van der Waals surface area contributed by atoms with Gasteiger partial charge in [0.05, 0.1) is 20.1 Å². The number of methoxy groups -OCH3 is 1. The van der Waals surface area contributed by atoms with E-state index in [1.165, 1.54) is 7.11 Å². The summed E-state index contributed by atoms with van der Waals surface area (Å²) in [5.74, 6) is 1.92. The molecule has 4 nitrogen and oxygen atoms in total. The monoisotopic (exact) mass is 272 g/mol. The average molecular weight is 272 g/mol. The zero-order valence-corrected chi connectivity index (χ0v) is 11.2. The third kappa shape index (κ3) is 4.31. The minimum atomic E-state index is -0.283. The first-order valence-corrected chi connectivity index (χ1v) is 6.30. The van der Waals surface area contributed by atoms with Crippen LogP contribution in [0.2, 0.25) is 0 Å². The summed E-state index contributed by atoms with van der Waals surface area (Å²) >= 11 is 0. The lowest BCUT2D eigenvalue weighted by atomic mass is 10.3. The van der Waals surface area contributed by atoms with Crippen LogP contribution in [-0.4, -0.2) is 19.7 Å². The van der Waals surface area contributed by atoms with E-state index in [2.05, 4.69) is 4.74 Å². The third-order valence-electron chi connectivity index (χ3n) is 2.61. The van der Waals surface area contributed by atoms with Crippen LogP contribution in [0, 0.1) is 0 Å². The predicted molar refractivity (Wildman–Crippen MR) is 75.1 cm³/mol. The molecule has 0 saturated heterocycles. The number of ether oxygens (including phenoxy) is 3. The summed E-state index contributed by atoms with van der Waals surface area (Å²) in [5, 5.41) is 0. The highest BCUT2D eigenvalue weighted by molar-refractivity contribution is 5.69. The second-order valence-electron chi connectivity index (χ2n) is 4.06. The van der Waals surface area contributed by atoms with Crippen LogP contribution in [0.15, 0.2) is 54.6 Å².